The molecule has 7 aromatic rings. The lowest BCUT2D eigenvalue weighted by Gasteiger charge is -2.24. The number of hydrogen-bond acceptors (Lipinski definition) is 2. The predicted molar refractivity (Wildman–Crippen MR) is 196 cm³/mol. The highest BCUT2D eigenvalue weighted by Gasteiger charge is 2.24. The summed E-state index contributed by atoms with van der Waals surface area (Å²) in [5.74, 6) is 0. The van der Waals surface area contributed by atoms with Crippen LogP contribution in [-0.4, -0.2) is 9.13 Å². The van der Waals surface area contributed by atoms with Gasteiger partial charge in [-0.2, -0.15) is 10.5 Å². The maximum Gasteiger partial charge on any atom is 0.0998 e. The molecule has 4 nitrogen and oxygen atoms in total. The molecule has 1 unspecified atom stereocenters. The Morgan fingerprint density at radius 2 is 1.42 bits per heavy atom. The summed E-state index contributed by atoms with van der Waals surface area (Å²) in [4.78, 5) is 0. The first kappa shape index (κ1) is 27.9. The van der Waals surface area contributed by atoms with Crippen molar-refractivity contribution in [1.29, 1.82) is 10.5 Å². The zero-order valence-corrected chi connectivity index (χ0v) is 26.3. The smallest absolute Gasteiger partial charge is 0.0998 e. The zero-order chi connectivity index (χ0) is 32.2. The van der Waals surface area contributed by atoms with Gasteiger partial charge < -0.3 is 9.13 Å². The van der Waals surface area contributed by atoms with Gasteiger partial charge in [-0.15, -0.1) is 0 Å². The number of nitrogens with zero attached hydrogens (tertiary/aromatic N) is 4. The Hall–Kier alpha value is -6.36. The van der Waals surface area contributed by atoms with Crippen LogP contribution in [0.1, 0.15) is 46.8 Å². The third kappa shape index (κ3) is 4.28. The van der Waals surface area contributed by atoms with Crippen molar-refractivity contribution >= 4 is 44.4 Å². The van der Waals surface area contributed by atoms with Crippen LogP contribution in [0.2, 0.25) is 0 Å². The van der Waals surface area contributed by atoms with Gasteiger partial charge in [0.1, 0.15) is 0 Å². The molecule has 0 spiro atoms. The van der Waals surface area contributed by atoms with Gasteiger partial charge in [-0.05, 0) is 84.5 Å². The molecule has 0 N–H and O–H groups in total. The highest BCUT2D eigenvalue weighted by molar-refractivity contribution is 6.10. The molecule has 2 heterocycles. The summed E-state index contributed by atoms with van der Waals surface area (Å²) in [6, 6.07) is 42.7. The van der Waals surface area contributed by atoms with Crippen LogP contribution in [0.15, 0.2) is 133 Å². The normalized spacial score (nSPS) is 15.4. The monoisotopic (exact) mass is 614 g/mol. The minimum Gasteiger partial charge on any atom is -0.337 e. The van der Waals surface area contributed by atoms with Crippen LogP contribution in [0.4, 0.5) is 0 Å². The van der Waals surface area contributed by atoms with Crippen molar-refractivity contribution in [3.05, 3.63) is 161 Å². The molecule has 0 saturated heterocycles. The van der Waals surface area contributed by atoms with E-state index in [9.17, 15) is 10.5 Å². The molecule has 0 bridgehead atoms. The Balaban J connectivity index is 1.19. The minimum absolute atomic E-state index is 0.152. The lowest BCUT2D eigenvalue weighted by Crippen LogP contribution is -2.13. The van der Waals surface area contributed by atoms with Crippen LogP contribution in [-0.2, 0) is 6.42 Å². The number of allylic oxidation sites excluding steroid dienone is 5. The highest BCUT2D eigenvalue weighted by Crippen LogP contribution is 2.41. The van der Waals surface area contributed by atoms with E-state index in [1.165, 1.54) is 27.5 Å². The molecular weight excluding hydrogens is 585 g/mol. The van der Waals surface area contributed by atoms with Crippen LogP contribution in [0.25, 0.3) is 61.2 Å². The summed E-state index contributed by atoms with van der Waals surface area (Å²) in [6.45, 7) is 0. The molecule has 5 aromatic carbocycles. The van der Waals surface area contributed by atoms with Gasteiger partial charge in [-0.3, -0.25) is 0 Å². The van der Waals surface area contributed by atoms with Crippen molar-refractivity contribution < 1.29 is 0 Å². The summed E-state index contributed by atoms with van der Waals surface area (Å²) in [6.07, 6.45) is 14.3. The third-order valence-electron chi connectivity index (χ3n) is 9.96. The SMILES string of the molecule is N#Cc1ccc2c(c1)c1c(n2C2C=C(c3cccc(-c4c(C#N)cccc4-n4c5ccccc5c5ccccc54)c3)C=CC2)CCC=C1. The van der Waals surface area contributed by atoms with Crippen LogP contribution in [0, 0.1) is 22.7 Å². The number of aromatic nitrogens is 2. The van der Waals surface area contributed by atoms with E-state index >= 15 is 0 Å². The molecule has 226 valence electrons. The first-order valence-electron chi connectivity index (χ1n) is 16.5. The fourth-order valence-corrected chi connectivity index (χ4v) is 7.90. The molecule has 9 rings (SSSR count). The maximum atomic E-state index is 10.4. The van der Waals surface area contributed by atoms with E-state index in [2.05, 4.69) is 137 Å². The largest absolute Gasteiger partial charge is 0.337 e. The number of nitriles is 2. The average Bonchev–Trinajstić information content (AvgIpc) is 3.67. The molecule has 2 aliphatic carbocycles. The topological polar surface area (TPSA) is 57.4 Å². The Kier molecular flexibility index (Phi) is 6.49. The quantitative estimate of drug-likeness (QED) is 0.198. The summed E-state index contributed by atoms with van der Waals surface area (Å²) < 4.78 is 4.80. The number of fused-ring (bicyclic) bond motifs is 6. The fraction of sp³-hybridized carbons (Fsp3) is 0.0909. The molecule has 0 saturated carbocycles. The van der Waals surface area contributed by atoms with E-state index < -0.39 is 0 Å². The van der Waals surface area contributed by atoms with Crippen molar-refractivity contribution in [1.82, 2.24) is 9.13 Å². The van der Waals surface area contributed by atoms with E-state index in [4.69, 9.17) is 0 Å². The predicted octanol–water partition coefficient (Wildman–Crippen LogP) is 10.7. The number of hydrogen-bond donors (Lipinski definition) is 0. The molecule has 0 radical (unpaired) electrons. The van der Waals surface area contributed by atoms with E-state index in [-0.39, 0.29) is 6.04 Å². The number of para-hydroxylation sites is 2. The van der Waals surface area contributed by atoms with Crippen molar-refractivity contribution in [2.45, 2.75) is 25.3 Å². The minimum atomic E-state index is 0.152. The van der Waals surface area contributed by atoms with Gasteiger partial charge in [0.2, 0.25) is 0 Å². The molecule has 0 amide bonds. The summed E-state index contributed by atoms with van der Waals surface area (Å²) >= 11 is 0. The maximum absolute atomic E-state index is 10.4. The molecule has 0 fully saturated rings. The molecule has 2 aliphatic rings. The van der Waals surface area contributed by atoms with Gasteiger partial charge in [0.05, 0.1) is 46.0 Å². The first-order valence-corrected chi connectivity index (χ1v) is 16.5. The molecule has 1 atom stereocenters. The van der Waals surface area contributed by atoms with Gasteiger partial charge in [0.25, 0.3) is 0 Å². The van der Waals surface area contributed by atoms with E-state index in [1.807, 2.05) is 24.3 Å². The Bertz CT molecular complexity index is 2570. The fourth-order valence-electron chi connectivity index (χ4n) is 7.90. The Morgan fingerprint density at radius 3 is 2.21 bits per heavy atom. The van der Waals surface area contributed by atoms with Gasteiger partial charge in [-0.1, -0.05) is 91.0 Å². The standard InChI is InChI=1S/C44H30N4/c45-27-29-22-23-42-38(24-29)37-17-3-4-18-39(37)47(42)34-14-8-11-31(26-34)30-10-7-12-32(25-30)44-33(28-46)13-9-21-43(44)48-40-19-5-1-15-35(40)36-16-2-6-20-41(36)48/h1-3,5-13,15-17,19-26,34H,4,14,18H2. The molecule has 0 aliphatic heterocycles. The molecule has 2 aromatic heterocycles. The second kappa shape index (κ2) is 11.2. The van der Waals surface area contributed by atoms with Crippen molar-refractivity contribution in [3.63, 3.8) is 0 Å². The van der Waals surface area contributed by atoms with Crippen molar-refractivity contribution in [2.24, 2.45) is 0 Å². The van der Waals surface area contributed by atoms with Crippen LogP contribution >= 0.6 is 0 Å². The summed E-state index contributed by atoms with van der Waals surface area (Å²) in [5, 5.41) is 23.5. The molecular formula is C44H30N4. The van der Waals surface area contributed by atoms with Crippen LogP contribution < -0.4 is 0 Å². The molecule has 48 heavy (non-hydrogen) atoms. The highest BCUT2D eigenvalue weighted by atomic mass is 15.0. The second-order valence-corrected chi connectivity index (χ2v) is 12.6. The van der Waals surface area contributed by atoms with Gasteiger partial charge in [0.15, 0.2) is 0 Å². The number of rotatable bonds is 4. The third-order valence-corrected chi connectivity index (χ3v) is 9.96. The van der Waals surface area contributed by atoms with Crippen LogP contribution in [0.3, 0.4) is 0 Å². The van der Waals surface area contributed by atoms with Gasteiger partial charge in [0, 0.05) is 38.5 Å². The lowest BCUT2D eigenvalue weighted by molar-refractivity contribution is 0.600. The summed E-state index contributed by atoms with van der Waals surface area (Å²) in [7, 11) is 0. The lowest BCUT2D eigenvalue weighted by atomic mass is 9.92. The first-order chi connectivity index (χ1) is 23.7. The van der Waals surface area contributed by atoms with Crippen molar-refractivity contribution in [3.8, 4) is 29.0 Å². The average molecular weight is 615 g/mol. The van der Waals surface area contributed by atoms with Crippen LogP contribution in [0.5, 0.6) is 0 Å². The van der Waals surface area contributed by atoms with Crippen molar-refractivity contribution in [2.75, 3.05) is 0 Å². The van der Waals surface area contributed by atoms with E-state index in [0.717, 1.165) is 63.6 Å². The Labute approximate surface area is 279 Å². The van der Waals surface area contributed by atoms with Gasteiger partial charge in [-0.25, -0.2) is 0 Å². The Morgan fingerprint density at radius 1 is 0.646 bits per heavy atom. The number of benzene rings is 5. The second-order valence-electron chi connectivity index (χ2n) is 12.6. The van der Waals surface area contributed by atoms with E-state index in [1.54, 1.807) is 0 Å². The zero-order valence-electron chi connectivity index (χ0n) is 26.3. The van der Waals surface area contributed by atoms with Gasteiger partial charge >= 0.3 is 0 Å². The molecule has 4 heteroatoms. The summed E-state index contributed by atoms with van der Waals surface area (Å²) in [5.41, 5.74) is 12.5. The van der Waals surface area contributed by atoms with E-state index in [0.29, 0.717) is 11.1 Å².